The van der Waals surface area contributed by atoms with Gasteiger partial charge in [0, 0.05) is 30.4 Å². The lowest BCUT2D eigenvalue weighted by molar-refractivity contribution is -0.117. The highest BCUT2D eigenvalue weighted by Gasteiger charge is 2.31. The Morgan fingerprint density at radius 2 is 1.96 bits per heavy atom. The molecule has 1 fully saturated rings. The molecule has 0 saturated carbocycles. The maximum atomic E-state index is 12.4. The first-order chi connectivity index (χ1) is 13.6. The van der Waals surface area contributed by atoms with Crippen LogP contribution in [-0.4, -0.2) is 37.9 Å². The summed E-state index contributed by atoms with van der Waals surface area (Å²) in [6.07, 6.45) is 0.252. The van der Waals surface area contributed by atoms with E-state index < -0.39 is 0 Å². The van der Waals surface area contributed by atoms with Crippen molar-refractivity contribution in [1.82, 2.24) is 5.32 Å². The van der Waals surface area contributed by atoms with E-state index in [1.807, 2.05) is 31.2 Å². The third-order valence-electron chi connectivity index (χ3n) is 4.55. The van der Waals surface area contributed by atoms with Gasteiger partial charge in [0.05, 0.1) is 12.6 Å². The van der Waals surface area contributed by atoms with Crippen molar-refractivity contribution in [3.05, 3.63) is 42.5 Å². The van der Waals surface area contributed by atoms with Crippen LogP contribution in [0.4, 0.5) is 16.2 Å². The Hall–Kier alpha value is -3.42. The van der Waals surface area contributed by atoms with Crippen LogP contribution in [0.3, 0.4) is 0 Å². The van der Waals surface area contributed by atoms with Gasteiger partial charge in [0.15, 0.2) is 11.5 Å². The highest BCUT2D eigenvalue weighted by Crippen LogP contribution is 2.34. The topological polar surface area (TPSA) is 89.1 Å². The summed E-state index contributed by atoms with van der Waals surface area (Å²) in [4.78, 5) is 26.3. The van der Waals surface area contributed by atoms with Gasteiger partial charge in [-0.2, -0.15) is 0 Å². The molecule has 2 aromatic carbocycles. The van der Waals surface area contributed by atoms with Gasteiger partial charge in [0.1, 0.15) is 5.75 Å². The van der Waals surface area contributed by atoms with Gasteiger partial charge in [-0.15, -0.1) is 0 Å². The molecular weight excluding hydrogens is 362 g/mol. The molecule has 4 rings (SSSR count). The molecule has 0 bridgehead atoms. The van der Waals surface area contributed by atoms with E-state index in [-0.39, 0.29) is 31.2 Å². The maximum Gasteiger partial charge on any atom is 0.319 e. The summed E-state index contributed by atoms with van der Waals surface area (Å²) in [5, 5.41) is 5.61. The molecule has 2 aromatic rings. The van der Waals surface area contributed by atoms with Crippen molar-refractivity contribution in [2.24, 2.45) is 0 Å². The molecule has 0 aliphatic carbocycles. The van der Waals surface area contributed by atoms with Crippen LogP contribution in [0.1, 0.15) is 13.3 Å². The van der Waals surface area contributed by atoms with Crippen LogP contribution >= 0.6 is 0 Å². The molecule has 28 heavy (non-hydrogen) atoms. The summed E-state index contributed by atoms with van der Waals surface area (Å²) in [5.41, 5.74) is 1.38. The molecule has 3 amide bonds. The zero-order valence-corrected chi connectivity index (χ0v) is 15.4. The molecule has 1 atom stereocenters. The number of nitrogens with zero attached hydrogens (tertiary/aromatic N) is 1. The van der Waals surface area contributed by atoms with E-state index in [1.54, 1.807) is 23.1 Å². The van der Waals surface area contributed by atoms with Crippen molar-refractivity contribution in [1.29, 1.82) is 0 Å². The first kappa shape index (κ1) is 18.0. The number of urea groups is 1. The highest BCUT2D eigenvalue weighted by molar-refractivity contribution is 5.97. The summed E-state index contributed by atoms with van der Waals surface area (Å²) in [5.74, 6) is 1.97. The second-order valence-electron chi connectivity index (χ2n) is 6.50. The molecule has 2 aliphatic rings. The molecule has 2 heterocycles. The Balaban J connectivity index is 1.34. The number of anilines is 2. The lowest BCUT2D eigenvalue weighted by Gasteiger charge is -2.18. The number of fused-ring (bicyclic) bond motifs is 1. The molecule has 8 heteroatoms. The fourth-order valence-corrected chi connectivity index (χ4v) is 3.27. The average molecular weight is 383 g/mol. The molecule has 146 valence electrons. The predicted octanol–water partition coefficient (Wildman–Crippen LogP) is 2.74. The third-order valence-corrected chi connectivity index (χ3v) is 4.55. The molecule has 0 spiro atoms. The highest BCUT2D eigenvalue weighted by atomic mass is 16.7. The largest absolute Gasteiger partial charge is 0.494 e. The minimum atomic E-state index is -0.370. The zero-order valence-electron chi connectivity index (χ0n) is 15.4. The maximum absolute atomic E-state index is 12.4. The van der Waals surface area contributed by atoms with Crippen LogP contribution in [0.15, 0.2) is 42.5 Å². The van der Waals surface area contributed by atoms with Gasteiger partial charge < -0.3 is 29.7 Å². The van der Waals surface area contributed by atoms with Gasteiger partial charge in [-0.1, -0.05) is 0 Å². The first-order valence-corrected chi connectivity index (χ1v) is 9.13. The van der Waals surface area contributed by atoms with Crippen molar-refractivity contribution in [2.45, 2.75) is 19.4 Å². The quantitative estimate of drug-likeness (QED) is 0.829. The Bertz CT molecular complexity index is 884. The van der Waals surface area contributed by atoms with E-state index in [2.05, 4.69) is 10.6 Å². The SMILES string of the molecule is CCOc1ccc(N2CC(NC(=O)Nc3ccc4c(c3)OCO4)CC2=O)cc1. The summed E-state index contributed by atoms with van der Waals surface area (Å²) < 4.78 is 16.0. The number of hydrogen-bond donors (Lipinski definition) is 2. The number of nitrogens with one attached hydrogen (secondary N) is 2. The van der Waals surface area contributed by atoms with Crippen molar-refractivity contribution in [3.63, 3.8) is 0 Å². The minimum absolute atomic E-state index is 0.0301. The third kappa shape index (κ3) is 3.80. The second kappa shape index (κ2) is 7.67. The average Bonchev–Trinajstić information content (AvgIpc) is 3.28. The summed E-state index contributed by atoms with van der Waals surface area (Å²) in [7, 11) is 0. The molecule has 1 unspecified atom stereocenters. The van der Waals surface area contributed by atoms with E-state index in [1.165, 1.54) is 0 Å². The van der Waals surface area contributed by atoms with E-state index in [0.29, 0.717) is 30.3 Å². The second-order valence-corrected chi connectivity index (χ2v) is 6.50. The number of carbonyl (C=O) groups is 2. The molecular formula is C20H21N3O5. The van der Waals surface area contributed by atoms with Gasteiger partial charge in [0.25, 0.3) is 0 Å². The Morgan fingerprint density at radius 1 is 1.18 bits per heavy atom. The number of hydrogen-bond acceptors (Lipinski definition) is 5. The van der Waals surface area contributed by atoms with E-state index in [4.69, 9.17) is 14.2 Å². The molecule has 8 nitrogen and oxygen atoms in total. The van der Waals surface area contributed by atoms with Crippen LogP contribution in [-0.2, 0) is 4.79 Å². The van der Waals surface area contributed by atoms with Gasteiger partial charge in [-0.05, 0) is 43.3 Å². The lowest BCUT2D eigenvalue weighted by Crippen LogP contribution is -2.39. The van der Waals surface area contributed by atoms with Gasteiger partial charge in [-0.3, -0.25) is 4.79 Å². The van der Waals surface area contributed by atoms with Crippen LogP contribution in [0.5, 0.6) is 17.2 Å². The van der Waals surface area contributed by atoms with Crippen molar-refractivity contribution in [2.75, 3.05) is 30.2 Å². The van der Waals surface area contributed by atoms with Crippen molar-refractivity contribution < 1.29 is 23.8 Å². The smallest absolute Gasteiger partial charge is 0.319 e. The number of benzene rings is 2. The monoisotopic (exact) mass is 383 g/mol. The number of rotatable bonds is 5. The first-order valence-electron chi connectivity index (χ1n) is 9.13. The predicted molar refractivity (Wildman–Crippen MR) is 103 cm³/mol. The van der Waals surface area contributed by atoms with Crippen LogP contribution in [0.2, 0.25) is 0 Å². The minimum Gasteiger partial charge on any atom is -0.494 e. The summed E-state index contributed by atoms with van der Waals surface area (Å²) >= 11 is 0. The van der Waals surface area contributed by atoms with Gasteiger partial charge in [0.2, 0.25) is 12.7 Å². The number of ether oxygens (including phenoxy) is 3. The van der Waals surface area contributed by atoms with Gasteiger partial charge in [-0.25, -0.2) is 4.79 Å². The molecule has 0 radical (unpaired) electrons. The molecule has 1 saturated heterocycles. The Labute approximate surface area is 162 Å². The zero-order chi connectivity index (χ0) is 19.5. The molecule has 2 N–H and O–H groups in total. The summed E-state index contributed by atoms with van der Waals surface area (Å²) in [6, 6.07) is 11.9. The molecule has 2 aliphatic heterocycles. The Morgan fingerprint density at radius 3 is 2.75 bits per heavy atom. The van der Waals surface area contributed by atoms with E-state index in [9.17, 15) is 9.59 Å². The fourth-order valence-electron chi connectivity index (χ4n) is 3.27. The van der Waals surface area contributed by atoms with Crippen LogP contribution in [0, 0.1) is 0 Å². The van der Waals surface area contributed by atoms with Crippen LogP contribution in [0.25, 0.3) is 0 Å². The Kier molecular flexibility index (Phi) is 4.92. The van der Waals surface area contributed by atoms with Crippen molar-refractivity contribution in [3.8, 4) is 17.2 Å². The number of amides is 3. The lowest BCUT2D eigenvalue weighted by atomic mass is 10.2. The van der Waals surface area contributed by atoms with Crippen LogP contribution < -0.4 is 29.7 Å². The normalized spacial score (nSPS) is 17.5. The van der Waals surface area contributed by atoms with Gasteiger partial charge >= 0.3 is 6.03 Å². The number of carbonyl (C=O) groups excluding carboxylic acids is 2. The fraction of sp³-hybridized carbons (Fsp3) is 0.300. The summed E-state index contributed by atoms with van der Waals surface area (Å²) in [6.45, 7) is 3.10. The van der Waals surface area contributed by atoms with Crippen molar-refractivity contribution >= 4 is 23.3 Å². The standard InChI is InChI=1S/C20H21N3O5/c1-2-26-16-6-4-15(5-7-16)23-11-14(10-19(23)24)22-20(25)21-13-3-8-17-18(9-13)28-12-27-17/h3-9,14H,2,10-12H2,1H3,(H2,21,22,25). The molecule has 0 aromatic heterocycles. The van der Waals surface area contributed by atoms with E-state index in [0.717, 1.165) is 11.4 Å². The van der Waals surface area contributed by atoms with E-state index >= 15 is 0 Å².